The molecule has 3 aromatic heterocycles. The number of likely N-dealkylation sites (N-methyl/N-ethyl adjacent to an activating group) is 1. The first-order valence-electron chi connectivity index (χ1n) is 13.5. The van der Waals surface area contributed by atoms with E-state index in [4.69, 9.17) is 19.2 Å². The molecule has 202 valence electrons. The van der Waals surface area contributed by atoms with Crippen molar-refractivity contribution in [2.75, 3.05) is 56.7 Å². The second-order valence-corrected chi connectivity index (χ2v) is 10.4. The molecule has 3 aliphatic rings. The third-order valence-corrected chi connectivity index (χ3v) is 7.52. The highest BCUT2D eigenvalue weighted by molar-refractivity contribution is 5.86. The summed E-state index contributed by atoms with van der Waals surface area (Å²) in [6.45, 7) is 4.90. The highest BCUT2D eigenvalue weighted by Crippen LogP contribution is 2.33. The van der Waals surface area contributed by atoms with Crippen LogP contribution in [0.2, 0.25) is 0 Å². The van der Waals surface area contributed by atoms with Gasteiger partial charge in [0.15, 0.2) is 5.75 Å². The van der Waals surface area contributed by atoms with Crippen molar-refractivity contribution < 1.29 is 19.3 Å². The summed E-state index contributed by atoms with van der Waals surface area (Å²) in [6, 6.07) is 3.91. The summed E-state index contributed by atoms with van der Waals surface area (Å²) in [4.78, 5) is 22.7. The normalized spacial score (nSPS) is 24.4. The van der Waals surface area contributed by atoms with Crippen LogP contribution in [0.4, 0.5) is 11.8 Å². The monoisotopic (exact) mass is 521 g/mol. The van der Waals surface area contributed by atoms with Crippen molar-refractivity contribution in [2.45, 2.75) is 50.4 Å². The first-order valence-corrected chi connectivity index (χ1v) is 13.5. The summed E-state index contributed by atoms with van der Waals surface area (Å²) in [5.74, 6) is 2.79. The number of aromatic nitrogens is 4. The van der Waals surface area contributed by atoms with E-state index in [0.29, 0.717) is 30.8 Å². The fourth-order valence-corrected chi connectivity index (χ4v) is 5.41. The maximum atomic E-state index is 10.0. The van der Waals surface area contributed by atoms with Crippen LogP contribution in [0.1, 0.15) is 32.1 Å². The minimum Gasteiger partial charge on any atom is -0.506 e. The van der Waals surface area contributed by atoms with Crippen LogP contribution in [0.5, 0.6) is 17.4 Å². The highest BCUT2D eigenvalue weighted by atomic mass is 16.5. The molecule has 38 heavy (non-hydrogen) atoms. The number of hydrogen-bond acceptors (Lipinski definition) is 11. The van der Waals surface area contributed by atoms with Crippen LogP contribution < -0.4 is 19.7 Å². The van der Waals surface area contributed by atoms with Crippen molar-refractivity contribution in [3.8, 4) is 17.4 Å². The molecule has 0 amide bonds. The van der Waals surface area contributed by atoms with E-state index in [1.165, 1.54) is 6.20 Å². The van der Waals surface area contributed by atoms with Crippen molar-refractivity contribution in [3.05, 3.63) is 30.7 Å². The Kier molecular flexibility index (Phi) is 7.28. The van der Waals surface area contributed by atoms with Gasteiger partial charge in [0.1, 0.15) is 23.8 Å². The summed E-state index contributed by atoms with van der Waals surface area (Å²) in [5.41, 5.74) is 0.758. The molecule has 0 aromatic carbocycles. The summed E-state index contributed by atoms with van der Waals surface area (Å²) < 4.78 is 17.9. The molecule has 0 radical (unpaired) electrons. The molecule has 11 heteroatoms. The third kappa shape index (κ3) is 5.83. The summed E-state index contributed by atoms with van der Waals surface area (Å²) in [7, 11) is 2.11. The molecule has 2 saturated heterocycles. The summed E-state index contributed by atoms with van der Waals surface area (Å²) in [5, 5.41) is 14.2. The summed E-state index contributed by atoms with van der Waals surface area (Å²) in [6.07, 6.45) is 9.87. The molecule has 1 atom stereocenters. The van der Waals surface area contributed by atoms with E-state index >= 15 is 0 Å². The van der Waals surface area contributed by atoms with Gasteiger partial charge in [0, 0.05) is 38.3 Å². The number of pyridine rings is 2. The fraction of sp³-hybridized carbons (Fsp3) is 0.556. The Bertz CT molecular complexity index is 1230. The summed E-state index contributed by atoms with van der Waals surface area (Å²) >= 11 is 0. The molecule has 11 nitrogen and oxygen atoms in total. The number of aromatic hydroxyl groups is 1. The van der Waals surface area contributed by atoms with Gasteiger partial charge in [-0.2, -0.15) is 4.98 Å². The Labute approximate surface area is 222 Å². The lowest BCUT2D eigenvalue weighted by Crippen LogP contribution is -2.37. The van der Waals surface area contributed by atoms with E-state index in [-0.39, 0.29) is 24.0 Å². The standard InChI is InChI=1S/C27H35N7O4/c1-33-7-6-21(17-33)37-22-15-29-27(30-16-22)31-18-2-4-20(5-3-18)38-26-23-12-19(35)14-28-24(23)13-25(32-26)34-8-10-36-11-9-34/h12-16,18,20-21,35H,2-11,17H2,1H3,(H,29,30,31)/t18-,20+,21?. The van der Waals surface area contributed by atoms with E-state index < -0.39 is 0 Å². The van der Waals surface area contributed by atoms with Gasteiger partial charge in [-0.3, -0.25) is 4.98 Å². The van der Waals surface area contributed by atoms with Crippen LogP contribution in [0.3, 0.4) is 0 Å². The first-order chi connectivity index (χ1) is 18.6. The van der Waals surface area contributed by atoms with Crippen LogP contribution in [-0.4, -0.2) is 94.6 Å². The smallest absolute Gasteiger partial charge is 0.225 e. The Morgan fingerprint density at radius 2 is 1.71 bits per heavy atom. The lowest BCUT2D eigenvalue weighted by atomic mass is 9.93. The number of nitrogens with zero attached hydrogens (tertiary/aromatic N) is 6. The molecule has 2 aliphatic heterocycles. The molecule has 1 aliphatic carbocycles. The zero-order chi connectivity index (χ0) is 25.9. The minimum atomic E-state index is 0.0345. The second-order valence-electron chi connectivity index (χ2n) is 10.4. The molecule has 0 spiro atoms. The van der Waals surface area contributed by atoms with E-state index in [0.717, 1.165) is 75.0 Å². The molecule has 2 N–H and O–H groups in total. The van der Waals surface area contributed by atoms with Crippen LogP contribution in [0, 0.1) is 0 Å². The van der Waals surface area contributed by atoms with E-state index in [1.54, 1.807) is 18.5 Å². The Balaban J connectivity index is 1.06. The molecule has 5 heterocycles. The number of morpholine rings is 1. The zero-order valence-corrected chi connectivity index (χ0v) is 21.8. The Hall–Kier alpha value is -3.44. The molecule has 3 fully saturated rings. The van der Waals surface area contributed by atoms with Gasteiger partial charge in [0.05, 0.1) is 42.7 Å². The topological polar surface area (TPSA) is 118 Å². The zero-order valence-electron chi connectivity index (χ0n) is 21.8. The number of ether oxygens (including phenoxy) is 3. The largest absolute Gasteiger partial charge is 0.506 e. The number of likely N-dealkylation sites (tertiary alicyclic amines) is 1. The van der Waals surface area contributed by atoms with Crippen molar-refractivity contribution in [2.24, 2.45) is 0 Å². The van der Waals surface area contributed by atoms with Gasteiger partial charge in [0.2, 0.25) is 11.8 Å². The molecule has 6 rings (SSSR count). The maximum absolute atomic E-state index is 10.0. The SMILES string of the molecule is CN1CCC(Oc2cnc(N[C@H]3CC[C@@H](Oc4nc(N5CCOCC5)cc5ncc(O)cc45)CC3)nc2)C1. The average molecular weight is 522 g/mol. The van der Waals surface area contributed by atoms with Gasteiger partial charge in [-0.05, 0) is 45.2 Å². The number of nitrogens with one attached hydrogen (secondary N) is 1. The lowest BCUT2D eigenvalue weighted by molar-refractivity contribution is 0.122. The van der Waals surface area contributed by atoms with Crippen molar-refractivity contribution >= 4 is 22.7 Å². The number of hydrogen-bond donors (Lipinski definition) is 2. The van der Waals surface area contributed by atoms with Gasteiger partial charge < -0.3 is 34.4 Å². The van der Waals surface area contributed by atoms with Gasteiger partial charge in [-0.25, -0.2) is 9.97 Å². The number of anilines is 2. The van der Waals surface area contributed by atoms with E-state index in [9.17, 15) is 5.11 Å². The molecule has 0 bridgehead atoms. The van der Waals surface area contributed by atoms with Crippen LogP contribution in [-0.2, 0) is 4.74 Å². The third-order valence-electron chi connectivity index (χ3n) is 7.52. The Morgan fingerprint density at radius 3 is 2.45 bits per heavy atom. The predicted molar refractivity (Wildman–Crippen MR) is 143 cm³/mol. The van der Waals surface area contributed by atoms with Crippen molar-refractivity contribution in [1.82, 2.24) is 24.8 Å². The van der Waals surface area contributed by atoms with Crippen molar-refractivity contribution in [3.63, 3.8) is 0 Å². The van der Waals surface area contributed by atoms with Crippen LogP contribution in [0.15, 0.2) is 30.7 Å². The molecular formula is C27H35N7O4. The lowest BCUT2D eigenvalue weighted by Gasteiger charge is -2.31. The fourth-order valence-electron chi connectivity index (χ4n) is 5.41. The van der Waals surface area contributed by atoms with Gasteiger partial charge in [-0.1, -0.05) is 0 Å². The molecule has 1 saturated carbocycles. The van der Waals surface area contributed by atoms with E-state index in [2.05, 4.69) is 37.1 Å². The van der Waals surface area contributed by atoms with E-state index in [1.807, 2.05) is 6.07 Å². The minimum absolute atomic E-state index is 0.0345. The molecular weight excluding hydrogens is 486 g/mol. The Morgan fingerprint density at radius 1 is 0.921 bits per heavy atom. The average Bonchev–Trinajstić information content (AvgIpc) is 3.35. The number of rotatable bonds is 7. The van der Waals surface area contributed by atoms with Gasteiger partial charge >= 0.3 is 0 Å². The predicted octanol–water partition coefficient (Wildman–Crippen LogP) is 2.85. The second kappa shape index (κ2) is 11.1. The highest BCUT2D eigenvalue weighted by Gasteiger charge is 2.26. The maximum Gasteiger partial charge on any atom is 0.225 e. The van der Waals surface area contributed by atoms with Crippen LogP contribution >= 0.6 is 0 Å². The van der Waals surface area contributed by atoms with Gasteiger partial charge in [-0.15, -0.1) is 0 Å². The molecule has 1 unspecified atom stereocenters. The van der Waals surface area contributed by atoms with Crippen LogP contribution in [0.25, 0.3) is 10.9 Å². The number of fused-ring (bicyclic) bond motifs is 1. The molecule has 3 aromatic rings. The quantitative estimate of drug-likeness (QED) is 0.478. The first kappa shape index (κ1) is 24.9. The van der Waals surface area contributed by atoms with Crippen molar-refractivity contribution in [1.29, 1.82) is 0 Å². The van der Waals surface area contributed by atoms with Gasteiger partial charge in [0.25, 0.3) is 0 Å².